The minimum atomic E-state index is -0.386. The highest BCUT2D eigenvalue weighted by molar-refractivity contribution is 7.18. The normalized spacial score (nSPS) is 18.4. The molecule has 16 heavy (non-hydrogen) atoms. The third-order valence-corrected chi connectivity index (χ3v) is 3.45. The Balaban J connectivity index is 2.29. The lowest BCUT2D eigenvalue weighted by Gasteiger charge is -2.22. The lowest BCUT2D eigenvalue weighted by atomic mass is 10.2. The molecule has 1 amide bonds. The van der Waals surface area contributed by atoms with Crippen molar-refractivity contribution in [1.82, 2.24) is 0 Å². The first-order chi connectivity index (χ1) is 7.65. The van der Waals surface area contributed by atoms with Gasteiger partial charge in [0.15, 0.2) is 0 Å². The maximum Gasteiger partial charge on any atom is 0.348 e. The van der Waals surface area contributed by atoms with Crippen LogP contribution in [-0.2, 0) is 9.53 Å². The molecule has 1 atom stereocenters. The standard InChI is InChI=1S/C10H12N2O3S/c1-3-5-8(13)11-6-4-7(10(14)15-2)16-9(6)12-5/h4-5,12H,3H2,1-2H3,(H,11,13). The van der Waals surface area contributed by atoms with Crippen molar-refractivity contribution in [3.63, 3.8) is 0 Å². The quantitative estimate of drug-likeness (QED) is 0.772. The van der Waals surface area contributed by atoms with Gasteiger partial charge in [0, 0.05) is 0 Å². The molecule has 2 rings (SSSR count). The first kappa shape index (κ1) is 10.9. The summed E-state index contributed by atoms with van der Waals surface area (Å²) in [6, 6.07) is 1.40. The molecule has 0 saturated carbocycles. The van der Waals surface area contributed by atoms with Gasteiger partial charge in [-0.3, -0.25) is 4.79 Å². The van der Waals surface area contributed by atoms with E-state index in [0.717, 1.165) is 5.00 Å². The lowest BCUT2D eigenvalue weighted by Crippen LogP contribution is -2.37. The number of rotatable bonds is 2. The molecule has 0 radical (unpaired) electrons. The van der Waals surface area contributed by atoms with E-state index >= 15 is 0 Å². The second kappa shape index (κ2) is 4.13. The fourth-order valence-electron chi connectivity index (χ4n) is 1.52. The van der Waals surface area contributed by atoms with Crippen molar-refractivity contribution in [3.05, 3.63) is 10.9 Å². The van der Waals surface area contributed by atoms with E-state index < -0.39 is 0 Å². The predicted octanol–water partition coefficient (Wildman–Crippen LogP) is 1.68. The van der Waals surface area contributed by atoms with Gasteiger partial charge in [-0.15, -0.1) is 11.3 Å². The SMILES string of the molecule is CCC1Nc2sc(C(=O)OC)cc2NC1=O. The molecule has 2 N–H and O–H groups in total. The van der Waals surface area contributed by atoms with Crippen LogP contribution in [0.2, 0.25) is 0 Å². The van der Waals surface area contributed by atoms with Crippen molar-refractivity contribution in [3.8, 4) is 0 Å². The molecule has 0 aliphatic carbocycles. The van der Waals surface area contributed by atoms with Crippen LogP contribution in [0.15, 0.2) is 6.07 Å². The van der Waals surface area contributed by atoms with E-state index in [1.807, 2.05) is 6.92 Å². The van der Waals surface area contributed by atoms with Crippen molar-refractivity contribution in [2.24, 2.45) is 0 Å². The Morgan fingerprint density at radius 2 is 2.38 bits per heavy atom. The molecular formula is C10H12N2O3S. The summed E-state index contributed by atoms with van der Waals surface area (Å²) in [4.78, 5) is 23.3. The maximum atomic E-state index is 11.6. The second-order valence-electron chi connectivity index (χ2n) is 3.44. The van der Waals surface area contributed by atoms with E-state index in [1.54, 1.807) is 6.07 Å². The van der Waals surface area contributed by atoms with Gasteiger partial charge < -0.3 is 15.4 Å². The number of amides is 1. The van der Waals surface area contributed by atoms with Crippen LogP contribution in [0.1, 0.15) is 23.0 Å². The summed E-state index contributed by atoms with van der Waals surface area (Å²) in [6.07, 6.45) is 0.705. The summed E-state index contributed by atoms with van der Waals surface area (Å²) in [5, 5.41) is 6.67. The zero-order valence-electron chi connectivity index (χ0n) is 8.99. The van der Waals surface area contributed by atoms with Gasteiger partial charge in [-0.2, -0.15) is 0 Å². The minimum Gasteiger partial charge on any atom is -0.465 e. The fraction of sp³-hybridized carbons (Fsp3) is 0.400. The van der Waals surface area contributed by atoms with Crippen molar-refractivity contribution in [2.75, 3.05) is 17.7 Å². The molecule has 6 heteroatoms. The molecule has 0 fully saturated rings. The summed E-state index contributed by atoms with van der Waals surface area (Å²) < 4.78 is 4.63. The smallest absolute Gasteiger partial charge is 0.348 e. The maximum absolute atomic E-state index is 11.6. The lowest BCUT2D eigenvalue weighted by molar-refractivity contribution is -0.117. The molecule has 1 aromatic heterocycles. The Hall–Kier alpha value is -1.56. The zero-order chi connectivity index (χ0) is 11.7. The van der Waals surface area contributed by atoms with Gasteiger partial charge in [-0.25, -0.2) is 4.79 Å². The van der Waals surface area contributed by atoms with Crippen LogP contribution in [0.25, 0.3) is 0 Å². The molecule has 1 aliphatic rings. The molecule has 1 aromatic rings. The molecule has 0 bridgehead atoms. The van der Waals surface area contributed by atoms with Crippen molar-refractivity contribution >= 4 is 33.9 Å². The fourth-order valence-corrected chi connectivity index (χ4v) is 2.51. The minimum absolute atomic E-state index is 0.0655. The molecular weight excluding hydrogens is 228 g/mol. The summed E-state index contributed by atoms with van der Waals surface area (Å²) in [6.45, 7) is 1.93. The number of ether oxygens (including phenoxy) is 1. The van der Waals surface area contributed by atoms with E-state index in [1.165, 1.54) is 18.4 Å². The number of methoxy groups -OCH3 is 1. The van der Waals surface area contributed by atoms with Crippen LogP contribution in [0.4, 0.5) is 10.7 Å². The number of esters is 1. The van der Waals surface area contributed by atoms with E-state index in [0.29, 0.717) is 17.0 Å². The Bertz CT molecular complexity index is 441. The van der Waals surface area contributed by atoms with Gasteiger partial charge >= 0.3 is 5.97 Å². The summed E-state index contributed by atoms with van der Waals surface area (Å²) in [5.41, 5.74) is 0.653. The summed E-state index contributed by atoms with van der Waals surface area (Å²) in [5.74, 6) is -0.451. The Labute approximate surface area is 96.8 Å². The van der Waals surface area contributed by atoms with Gasteiger partial charge in [-0.1, -0.05) is 6.92 Å². The number of nitrogens with one attached hydrogen (secondary N) is 2. The first-order valence-electron chi connectivity index (χ1n) is 4.95. The number of thiophene rings is 1. The topological polar surface area (TPSA) is 67.4 Å². The number of hydrogen-bond donors (Lipinski definition) is 2. The summed E-state index contributed by atoms with van der Waals surface area (Å²) >= 11 is 1.29. The van der Waals surface area contributed by atoms with Crippen LogP contribution in [0.5, 0.6) is 0 Å². The Morgan fingerprint density at radius 1 is 1.62 bits per heavy atom. The van der Waals surface area contributed by atoms with Crippen LogP contribution >= 0.6 is 11.3 Å². The van der Waals surface area contributed by atoms with Crippen LogP contribution < -0.4 is 10.6 Å². The van der Waals surface area contributed by atoms with E-state index in [2.05, 4.69) is 15.4 Å². The van der Waals surface area contributed by atoms with Gasteiger partial charge in [0.25, 0.3) is 0 Å². The Morgan fingerprint density at radius 3 is 3.00 bits per heavy atom. The van der Waals surface area contributed by atoms with Crippen molar-refractivity contribution in [2.45, 2.75) is 19.4 Å². The molecule has 0 aromatic carbocycles. The average Bonchev–Trinajstić information content (AvgIpc) is 2.69. The third-order valence-electron chi connectivity index (χ3n) is 2.41. The largest absolute Gasteiger partial charge is 0.465 e. The molecule has 0 saturated heterocycles. The molecule has 5 nitrogen and oxygen atoms in total. The van der Waals surface area contributed by atoms with Gasteiger partial charge in [0.05, 0.1) is 12.8 Å². The monoisotopic (exact) mass is 240 g/mol. The Kier molecular flexibility index (Phi) is 2.82. The number of carbonyl (C=O) groups is 2. The average molecular weight is 240 g/mol. The van der Waals surface area contributed by atoms with Crippen molar-refractivity contribution < 1.29 is 14.3 Å². The van der Waals surface area contributed by atoms with Crippen LogP contribution in [-0.4, -0.2) is 25.0 Å². The number of anilines is 2. The number of carbonyl (C=O) groups excluding carboxylic acids is 2. The molecule has 0 spiro atoms. The van der Waals surface area contributed by atoms with E-state index in [-0.39, 0.29) is 17.9 Å². The second-order valence-corrected chi connectivity index (χ2v) is 4.49. The van der Waals surface area contributed by atoms with Crippen molar-refractivity contribution in [1.29, 1.82) is 0 Å². The van der Waals surface area contributed by atoms with E-state index in [4.69, 9.17) is 0 Å². The number of fused-ring (bicyclic) bond motifs is 1. The number of hydrogen-bond acceptors (Lipinski definition) is 5. The van der Waals surface area contributed by atoms with Crippen LogP contribution in [0, 0.1) is 0 Å². The molecule has 2 heterocycles. The van der Waals surface area contributed by atoms with E-state index in [9.17, 15) is 9.59 Å². The highest BCUT2D eigenvalue weighted by Crippen LogP contribution is 2.36. The molecule has 86 valence electrons. The predicted molar refractivity (Wildman–Crippen MR) is 62.0 cm³/mol. The highest BCUT2D eigenvalue weighted by Gasteiger charge is 2.27. The van der Waals surface area contributed by atoms with Gasteiger partial charge in [0.2, 0.25) is 5.91 Å². The molecule has 1 unspecified atom stereocenters. The summed E-state index contributed by atoms with van der Waals surface area (Å²) in [7, 11) is 1.34. The third kappa shape index (κ3) is 1.76. The van der Waals surface area contributed by atoms with Gasteiger partial charge in [-0.05, 0) is 12.5 Å². The van der Waals surface area contributed by atoms with Gasteiger partial charge in [0.1, 0.15) is 15.9 Å². The first-order valence-corrected chi connectivity index (χ1v) is 5.77. The highest BCUT2D eigenvalue weighted by atomic mass is 32.1. The zero-order valence-corrected chi connectivity index (χ0v) is 9.81. The van der Waals surface area contributed by atoms with Crippen LogP contribution in [0.3, 0.4) is 0 Å². The molecule has 1 aliphatic heterocycles.